The van der Waals surface area contributed by atoms with Crippen molar-refractivity contribution in [2.24, 2.45) is 5.92 Å². The van der Waals surface area contributed by atoms with E-state index in [1.165, 1.54) is 11.4 Å². The number of fused-ring (bicyclic) bond motifs is 2. The Hall–Kier alpha value is -2.15. The first-order chi connectivity index (χ1) is 13.0. The van der Waals surface area contributed by atoms with Gasteiger partial charge in [0.25, 0.3) is 5.91 Å². The molecule has 2 aromatic heterocycles. The molecule has 1 spiro atoms. The molecule has 1 saturated heterocycles. The largest absolute Gasteiger partial charge is 0.348 e. The van der Waals surface area contributed by atoms with E-state index >= 15 is 0 Å². The molecule has 0 radical (unpaired) electrons. The number of rotatable bonds is 4. The van der Waals surface area contributed by atoms with Crippen LogP contribution in [0.2, 0.25) is 0 Å². The van der Waals surface area contributed by atoms with Gasteiger partial charge in [-0.2, -0.15) is 5.10 Å². The van der Waals surface area contributed by atoms with Crippen LogP contribution in [0.1, 0.15) is 55.5 Å². The summed E-state index contributed by atoms with van der Waals surface area (Å²) in [6.07, 6.45) is 6.45. The van der Waals surface area contributed by atoms with Crippen LogP contribution in [0.15, 0.2) is 18.6 Å². The highest BCUT2D eigenvalue weighted by molar-refractivity contribution is 5.92. The molecule has 1 amide bonds. The van der Waals surface area contributed by atoms with Gasteiger partial charge in [-0.15, -0.1) is 0 Å². The van der Waals surface area contributed by atoms with Crippen molar-refractivity contribution < 1.29 is 4.79 Å². The lowest BCUT2D eigenvalue weighted by molar-refractivity contribution is 0.000299. The van der Waals surface area contributed by atoms with Gasteiger partial charge in [-0.05, 0) is 31.7 Å². The summed E-state index contributed by atoms with van der Waals surface area (Å²) in [5.74, 6) is 0.707. The third-order valence-electron chi connectivity index (χ3n) is 6.09. The molecule has 0 atom stereocenters. The maximum absolute atomic E-state index is 13.0. The van der Waals surface area contributed by atoms with Crippen LogP contribution in [0.3, 0.4) is 0 Å². The van der Waals surface area contributed by atoms with E-state index in [2.05, 4.69) is 28.8 Å². The Labute approximate surface area is 160 Å². The zero-order chi connectivity index (χ0) is 19.0. The minimum absolute atomic E-state index is 0.0420. The molecule has 0 bridgehead atoms. The summed E-state index contributed by atoms with van der Waals surface area (Å²) in [4.78, 5) is 25.7. The first-order valence-corrected chi connectivity index (χ1v) is 10.1. The van der Waals surface area contributed by atoms with Crippen LogP contribution < -0.4 is 0 Å². The minimum Gasteiger partial charge on any atom is -0.348 e. The second-order valence-corrected chi connectivity index (χ2v) is 8.18. The summed E-state index contributed by atoms with van der Waals surface area (Å²) in [5, 5.41) is 4.25. The van der Waals surface area contributed by atoms with E-state index in [1.807, 2.05) is 24.2 Å². The molecule has 2 aromatic rings. The summed E-state index contributed by atoms with van der Waals surface area (Å²) in [5.41, 5.74) is 3.13. The van der Waals surface area contributed by atoms with Crippen LogP contribution in [0, 0.1) is 5.92 Å². The minimum atomic E-state index is -0.0420. The maximum atomic E-state index is 13.0. The fourth-order valence-electron chi connectivity index (χ4n) is 4.79. The van der Waals surface area contributed by atoms with Gasteiger partial charge in [0.15, 0.2) is 0 Å². The molecule has 1 N–H and O–H groups in total. The molecule has 4 heterocycles. The van der Waals surface area contributed by atoms with E-state index in [-0.39, 0.29) is 11.4 Å². The van der Waals surface area contributed by atoms with Crippen molar-refractivity contribution in [2.45, 2.75) is 52.1 Å². The van der Waals surface area contributed by atoms with Crippen molar-refractivity contribution in [2.75, 3.05) is 26.2 Å². The Morgan fingerprint density at radius 3 is 2.78 bits per heavy atom. The van der Waals surface area contributed by atoms with Crippen molar-refractivity contribution in [1.82, 2.24) is 29.5 Å². The molecular weight excluding hydrogens is 340 g/mol. The third kappa shape index (κ3) is 3.08. The molecule has 1 fully saturated rings. The highest BCUT2D eigenvalue weighted by Crippen LogP contribution is 2.42. The van der Waals surface area contributed by atoms with Crippen molar-refractivity contribution in [3.05, 3.63) is 35.7 Å². The number of likely N-dealkylation sites (tertiary alicyclic amines) is 1. The smallest absolute Gasteiger partial charge is 0.272 e. The molecule has 7 nitrogen and oxygen atoms in total. The fourth-order valence-corrected chi connectivity index (χ4v) is 4.79. The average Bonchev–Trinajstić information content (AvgIpc) is 3.33. The molecule has 2 aliphatic rings. The van der Waals surface area contributed by atoms with Gasteiger partial charge >= 0.3 is 0 Å². The van der Waals surface area contributed by atoms with Gasteiger partial charge < -0.3 is 9.88 Å². The molecule has 4 rings (SSSR count). The molecule has 27 heavy (non-hydrogen) atoms. The summed E-state index contributed by atoms with van der Waals surface area (Å²) in [6.45, 7) is 10.9. The van der Waals surface area contributed by atoms with Gasteiger partial charge in [-0.1, -0.05) is 13.8 Å². The number of H-pyrrole nitrogens is 1. The lowest BCUT2D eigenvalue weighted by Crippen LogP contribution is -2.58. The number of carbonyl (C=O) groups is 1. The predicted octanol–water partition coefficient (Wildman–Crippen LogP) is 2.27. The number of amides is 1. The van der Waals surface area contributed by atoms with E-state index in [4.69, 9.17) is 4.98 Å². The average molecular weight is 371 g/mol. The van der Waals surface area contributed by atoms with Crippen LogP contribution in [0.25, 0.3) is 0 Å². The number of hydrogen-bond donors (Lipinski definition) is 1. The maximum Gasteiger partial charge on any atom is 0.272 e. The van der Waals surface area contributed by atoms with Gasteiger partial charge in [0.1, 0.15) is 5.69 Å². The van der Waals surface area contributed by atoms with Crippen molar-refractivity contribution >= 4 is 5.91 Å². The van der Waals surface area contributed by atoms with Gasteiger partial charge in [-0.3, -0.25) is 14.4 Å². The number of aromatic nitrogens is 4. The highest BCUT2D eigenvalue weighted by Gasteiger charge is 2.47. The molecule has 2 aliphatic heterocycles. The van der Waals surface area contributed by atoms with E-state index in [0.29, 0.717) is 18.2 Å². The molecule has 0 aromatic carbocycles. The summed E-state index contributed by atoms with van der Waals surface area (Å²) < 4.78 is 1.78. The number of aryl methyl sites for hydroxylation is 1. The SMILES string of the molecule is CCn1nccc1C(=O)N1CCC2(CC1)c1nc[nH]c1CCN2CC(C)C. The van der Waals surface area contributed by atoms with E-state index < -0.39 is 0 Å². The Balaban J connectivity index is 1.56. The van der Waals surface area contributed by atoms with Crippen molar-refractivity contribution in [3.63, 3.8) is 0 Å². The van der Waals surface area contributed by atoms with Crippen molar-refractivity contribution in [1.29, 1.82) is 0 Å². The van der Waals surface area contributed by atoms with Crippen LogP contribution >= 0.6 is 0 Å². The van der Waals surface area contributed by atoms with Crippen LogP contribution in [-0.2, 0) is 18.5 Å². The van der Waals surface area contributed by atoms with Gasteiger partial charge in [0, 0.05) is 51.0 Å². The topological polar surface area (TPSA) is 70.0 Å². The highest BCUT2D eigenvalue weighted by atomic mass is 16.2. The first kappa shape index (κ1) is 18.2. The van der Waals surface area contributed by atoms with E-state index in [1.54, 1.807) is 10.9 Å². The fraction of sp³-hybridized carbons (Fsp3) is 0.650. The molecule has 7 heteroatoms. The number of nitrogens with zero attached hydrogens (tertiary/aromatic N) is 5. The molecule has 0 unspecified atom stereocenters. The summed E-state index contributed by atoms with van der Waals surface area (Å²) in [6, 6.07) is 1.83. The monoisotopic (exact) mass is 370 g/mol. The second kappa shape index (κ2) is 7.11. The van der Waals surface area contributed by atoms with E-state index in [9.17, 15) is 4.79 Å². The van der Waals surface area contributed by atoms with Gasteiger partial charge in [0.05, 0.1) is 17.6 Å². The van der Waals surface area contributed by atoms with Crippen LogP contribution in [-0.4, -0.2) is 61.6 Å². The Kier molecular flexibility index (Phi) is 4.80. The molecule has 146 valence electrons. The standard InChI is InChI=1S/C20H30N6O/c1-4-26-17(5-9-23-26)19(27)24-11-7-20(8-12-24)18-16(21-14-22-18)6-10-25(20)13-15(2)3/h5,9,14-15H,4,6-8,10-13H2,1-3H3,(H,21,22). The van der Waals surface area contributed by atoms with Gasteiger partial charge in [0.2, 0.25) is 0 Å². The lowest BCUT2D eigenvalue weighted by atomic mass is 9.78. The summed E-state index contributed by atoms with van der Waals surface area (Å²) >= 11 is 0. The normalized spacial score (nSPS) is 19.6. The molecule has 0 saturated carbocycles. The number of carbonyl (C=O) groups excluding carboxylic acids is 1. The summed E-state index contributed by atoms with van der Waals surface area (Å²) in [7, 11) is 0. The predicted molar refractivity (Wildman–Crippen MR) is 103 cm³/mol. The second-order valence-electron chi connectivity index (χ2n) is 8.18. The lowest BCUT2D eigenvalue weighted by Gasteiger charge is -2.51. The van der Waals surface area contributed by atoms with E-state index in [0.717, 1.165) is 45.4 Å². The first-order valence-electron chi connectivity index (χ1n) is 10.1. The Bertz CT molecular complexity index is 799. The number of imidazole rings is 1. The van der Waals surface area contributed by atoms with Crippen LogP contribution in [0.4, 0.5) is 0 Å². The number of hydrogen-bond acceptors (Lipinski definition) is 4. The zero-order valence-electron chi connectivity index (χ0n) is 16.6. The number of piperidine rings is 1. The Morgan fingerprint density at radius 2 is 2.07 bits per heavy atom. The quantitative estimate of drug-likeness (QED) is 0.896. The molecule has 0 aliphatic carbocycles. The number of aromatic amines is 1. The third-order valence-corrected chi connectivity index (χ3v) is 6.09. The van der Waals surface area contributed by atoms with Crippen LogP contribution in [0.5, 0.6) is 0 Å². The van der Waals surface area contributed by atoms with Crippen molar-refractivity contribution in [3.8, 4) is 0 Å². The zero-order valence-corrected chi connectivity index (χ0v) is 16.6. The molecular formula is C20H30N6O. The van der Waals surface area contributed by atoms with Gasteiger partial charge in [-0.25, -0.2) is 4.98 Å². The number of nitrogens with one attached hydrogen (secondary N) is 1. The Morgan fingerprint density at radius 1 is 1.30 bits per heavy atom.